The molecule has 0 spiro atoms. The molecule has 0 saturated heterocycles. The molecule has 0 aliphatic heterocycles. The molecule has 0 amide bonds. The molecule has 0 saturated carbocycles. The Morgan fingerprint density at radius 2 is 1.84 bits per heavy atom. The smallest absolute Gasteiger partial charge is 0.128 e. The summed E-state index contributed by atoms with van der Waals surface area (Å²) < 4.78 is 13.2. The summed E-state index contributed by atoms with van der Waals surface area (Å²) >= 11 is 3.31. The molecule has 0 atom stereocenters. The van der Waals surface area contributed by atoms with Gasteiger partial charge in [-0.3, -0.25) is 0 Å². The van der Waals surface area contributed by atoms with Crippen molar-refractivity contribution in [2.75, 3.05) is 0 Å². The second kappa shape index (κ2) is 6.94. The average Bonchev–Trinajstić information content (AvgIpc) is 3.06. The predicted octanol–water partition coefficient (Wildman–Crippen LogP) is 6.10. The Labute approximate surface area is 153 Å². The zero-order valence-corrected chi connectivity index (χ0v) is 15.2. The van der Waals surface area contributed by atoms with Crippen molar-refractivity contribution in [2.45, 2.75) is 17.7 Å². The highest BCUT2D eigenvalue weighted by Gasteiger charge is 2.14. The molecule has 5 heteroatoms. The third kappa shape index (κ3) is 3.30. The number of hydrogen-bond acceptors (Lipinski definition) is 4. The first-order chi connectivity index (χ1) is 12.2. The maximum atomic E-state index is 13.2. The molecule has 2 nitrogen and oxygen atoms in total. The first-order valence-electron chi connectivity index (χ1n) is 7.88. The number of aromatic nitrogens is 2. The summed E-state index contributed by atoms with van der Waals surface area (Å²) in [4.78, 5) is 9.87. The van der Waals surface area contributed by atoms with Gasteiger partial charge in [-0.2, -0.15) is 0 Å². The van der Waals surface area contributed by atoms with E-state index in [0.717, 1.165) is 32.1 Å². The van der Waals surface area contributed by atoms with Crippen LogP contribution < -0.4 is 0 Å². The number of aryl methyl sites for hydroxylation is 1. The Morgan fingerprint density at radius 1 is 1.04 bits per heavy atom. The lowest BCUT2D eigenvalue weighted by atomic mass is 10.1. The van der Waals surface area contributed by atoms with Crippen LogP contribution in [0.1, 0.15) is 11.1 Å². The Bertz CT molecular complexity index is 1030. The standard InChI is InChI=1S/C20H15FN2S2/c1-13-4-2-3-5-15(13)10-24-19-18-17(11-25-20(18)23-12-22-19)14-6-8-16(21)9-7-14/h2-9,11-12H,10H2,1H3. The van der Waals surface area contributed by atoms with Crippen molar-refractivity contribution in [3.63, 3.8) is 0 Å². The highest BCUT2D eigenvalue weighted by molar-refractivity contribution is 7.98. The zero-order chi connectivity index (χ0) is 17.2. The normalized spacial score (nSPS) is 11.1. The van der Waals surface area contributed by atoms with Gasteiger partial charge in [0.15, 0.2) is 0 Å². The molecule has 25 heavy (non-hydrogen) atoms. The zero-order valence-electron chi connectivity index (χ0n) is 13.6. The van der Waals surface area contributed by atoms with Crippen LogP contribution in [0.2, 0.25) is 0 Å². The van der Waals surface area contributed by atoms with E-state index < -0.39 is 0 Å². The number of halogens is 1. The molecule has 0 aliphatic rings. The number of hydrogen-bond donors (Lipinski definition) is 0. The minimum Gasteiger partial charge on any atom is -0.229 e. The number of thioether (sulfide) groups is 1. The van der Waals surface area contributed by atoms with Gasteiger partial charge in [0.2, 0.25) is 0 Å². The third-order valence-corrected chi connectivity index (χ3v) is 6.04. The number of rotatable bonds is 4. The van der Waals surface area contributed by atoms with Gasteiger partial charge in [-0.05, 0) is 35.7 Å². The van der Waals surface area contributed by atoms with Gasteiger partial charge in [0.1, 0.15) is 22.0 Å². The van der Waals surface area contributed by atoms with E-state index >= 15 is 0 Å². The summed E-state index contributed by atoms with van der Waals surface area (Å²) in [5, 5.41) is 4.09. The monoisotopic (exact) mass is 366 g/mol. The van der Waals surface area contributed by atoms with E-state index in [4.69, 9.17) is 0 Å². The van der Waals surface area contributed by atoms with Crippen LogP contribution in [-0.2, 0) is 5.75 Å². The first kappa shape index (κ1) is 16.2. The first-order valence-corrected chi connectivity index (χ1v) is 9.74. The van der Waals surface area contributed by atoms with Crippen LogP contribution in [0.15, 0.2) is 65.3 Å². The Hall–Kier alpha value is -2.24. The van der Waals surface area contributed by atoms with Crippen molar-refractivity contribution >= 4 is 33.3 Å². The predicted molar refractivity (Wildman–Crippen MR) is 104 cm³/mol. The second-order valence-corrected chi connectivity index (χ2v) is 7.55. The van der Waals surface area contributed by atoms with Gasteiger partial charge in [0.25, 0.3) is 0 Å². The number of nitrogens with zero attached hydrogens (tertiary/aromatic N) is 2. The molecule has 4 rings (SSSR count). The van der Waals surface area contributed by atoms with Crippen LogP contribution in [0.3, 0.4) is 0 Å². The largest absolute Gasteiger partial charge is 0.229 e. The maximum Gasteiger partial charge on any atom is 0.128 e. The van der Waals surface area contributed by atoms with E-state index in [0.29, 0.717) is 0 Å². The average molecular weight is 366 g/mol. The Kier molecular flexibility index (Phi) is 4.51. The summed E-state index contributed by atoms with van der Waals surface area (Å²) in [6.07, 6.45) is 1.62. The molecule has 0 bridgehead atoms. The molecule has 2 aromatic carbocycles. The molecule has 0 fully saturated rings. The summed E-state index contributed by atoms with van der Waals surface area (Å²) in [6, 6.07) is 15.0. The van der Waals surface area contributed by atoms with E-state index in [1.165, 1.54) is 23.3 Å². The number of benzene rings is 2. The molecule has 0 N–H and O–H groups in total. The Balaban J connectivity index is 1.73. The molecule has 2 aromatic heterocycles. The number of thiophene rings is 1. The van der Waals surface area contributed by atoms with Crippen molar-refractivity contribution < 1.29 is 4.39 Å². The molecule has 0 radical (unpaired) electrons. The molecule has 0 unspecified atom stereocenters. The molecular formula is C20H15FN2S2. The van der Waals surface area contributed by atoms with Crippen molar-refractivity contribution in [2.24, 2.45) is 0 Å². The summed E-state index contributed by atoms with van der Waals surface area (Å²) in [6.45, 7) is 2.12. The van der Waals surface area contributed by atoms with Gasteiger partial charge in [-0.25, -0.2) is 14.4 Å². The van der Waals surface area contributed by atoms with Crippen molar-refractivity contribution in [1.82, 2.24) is 9.97 Å². The fourth-order valence-corrected chi connectivity index (χ4v) is 4.79. The van der Waals surface area contributed by atoms with Crippen LogP contribution in [0.5, 0.6) is 0 Å². The Morgan fingerprint density at radius 3 is 2.64 bits per heavy atom. The van der Waals surface area contributed by atoms with Gasteiger partial charge in [0, 0.05) is 16.7 Å². The van der Waals surface area contributed by atoms with Crippen LogP contribution in [0.25, 0.3) is 21.3 Å². The fourth-order valence-electron chi connectivity index (χ4n) is 2.72. The minimum atomic E-state index is -0.228. The minimum absolute atomic E-state index is 0.228. The van der Waals surface area contributed by atoms with E-state index in [9.17, 15) is 4.39 Å². The van der Waals surface area contributed by atoms with Crippen LogP contribution in [0, 0.1) is 12.7 Å². The topological polar surface area (TPSA) is 25.8 Å². The fraction of sp³-hybridized carbons (Fsp3) is 0.100. The van der Waals surface area contributed by atoms with Crippen LogP contribution in [-0.4, -0.2) is 9.97 Å². The molecule has 124 valence electrons. The van der Waals surface area contributed by atoms with Gasteiger partial charge in [-0.15, -0.1) is 23.1 Å². The lowest BCUT2D eigenvalue weighted by Gasteiger charge is -2.07. The molecule has 2 heterocycles. The third-order valence-electron chi connectivity index (χ3n) is 4.12. The van der Waals surface area contributed by atoms with E-state index in [2.05, 4.69) is 46.5 Å². The van der Waals surface area contributed by atoms with Crippen LogP contribution in [0.4, 0.5) is 4.39 Å². The molecular weight excluding hydrogens is 351 g/mol. The SMILES string of the molecule is Cc1ccccc1CSc1ncnc2scc(-c3ccc(F)cc3)c12. The highest BCUT2D eigenvalue weighted by atomic mass is 32.2. The van der Waals surface area contributed by atoms with E-state index in [1.807, 2.05) is 0 Å². The van der Waals surface area contributed by atoms with E-state index in [1.54, 1.807) is 41.6 Å². The van der Waals surface area contributed by atoms with E-state index in [-0.39, 0.29) is 5.82 Å². The molecule has 4 aromatic rings. The van der Waals surface area contributed by atoms with Gasteiger partial charge in [0.05, 0.1) is 5.39 Å². The van der Waals surface area contributed by atoms with Gasteiger partial charge < -0.3 is 0 Å². The molecule has 0 aliphatic carbocycles. The van der Waals surface area contributed by atoms with Gasteiger partial charge >= 0.3 is 0 Å². The lowest BCUT2D eigenvalue weighted by molar-refractivity contribution is 0.628. The highest BCUT2D eigenvalue weighted by Crippen LogP contribution is 2.38. The lowest BCUT2D eigenvalue weighted by Crippen LogP contribution is -1.89. The summed E-state index contributed by atoms with van der Waals surface area (Å²) in [7, 11) is 0. The summed E-state index contributed by atoms with van der Waals surface area (Å²) in [5.74, 6) is 0.631. The maximum absolute atomic E-state index is 13.2. The van der Waals surface area contributed by atoms with Crippen LogP contribution >= 0.6 is 23.1 Å². The van der Waals surface area contributed by atoms with Crippen molar-refractivity contribution in [3.05, 3.63) is 77.2 Å². The van der Waals surface area contributed by atoms with Gasteiger partial charge in [-0.1, -0.05) is 36.4 Å². The number of fused-ring (bicyclic) bond motifs is 1. The van der Waals surface area contributed by atoms with Crippen molar-refractivity contribution in [3.8, 4) is 11.1 Å². The quantitative estimate of drug-likeness (QED) is 0.322. The summed E-state index contributed by atoms with van der Waals surface area (Å²) in [5.41, 5.74) is 4.63. The second-order valence-electron chi connectivity index (χ2n) is 5.73. The van der Waals surface area contributed by atoms with Crippen molar-refractivity contribution in [1.29, 1.82) is 0 Å².